The highest BCUT2D eigenvalue weighted by atomic mass is 35.5. The lowest BCUT2D eigenvalue weighted by Crippen LogP contribution is -2.09. The highest BCUT2D eigenvalue weighted by Crippen LogP contribution is 2.43. The van der Waals surface area contributed by atoms with Crippen LogP contribution < -0.4 is 5.32 Å². The molecule has 0 amide bonds. The van der Waals surface area contributed by atoms with Gasteiger partial charge in [0.2, 0.25) is 0 Å². The molecule has 4 heteroatoms. The minimum absolute atomic E-state index is 0.496. The number of aryl methyl sites for hydroxylation is 1. The maximum atomic E-state index is 5.93. The lowest BCUT2D eigenvalue weighted by Gasteiger charge is -2.09. The predicted octanol–water partition coefficient (Wildman–Crippen LogP) is 3.59. The summed E-state index contributed by atoms with van der Waals surface area (Å²) in [4.78, 5) is 8.80. The summed E-state index contributed by atoms with van der Waals surface area (Å²) >= 11 is 5.93. The molecule has 0 bridgehead atoms. The van der Waals surface area contributed by atoms with Crippen molar-refractivity contribution in [3.05, 3.63) is 52.4 Å². The van der Waals surface area contributed by atoms with Gasteiger partial charge in [0, 0.05) is 28.2 Å². The molecule has 1 fully saturated rings. The second kappa shape index (κ2) is 4.74. The number of rotatable bonds is 3. The Balaban J connectivity index is 1.49. The Hall–Kier alpha value is -1.61. The Labute approximate surface area is 123 Å². The van der Waals surface area contributed by atoms with Gasteiger partial charge in [-0.1, -0.05) is 23.7 Å². The number of hydrogen-bond donors (Lipinski definition) is 1. The van der Waals surface area contributed by atoms with Crippen LogP contribution in [0.3, 0.4) is 0 Å². The van der Waals surface area contributed by atoms with E-state index in [2.05, 4.69) is 27.4 Å². The first-order valence-corrected chi connectivity index (χ1v) is 7.54. The quantitative estimate of drug-likeness (QED) is 0.936. The first-order chi connectivity index (χ1) is 9.81. The molecule has 1 heterocycles. The van der Waals surface area contributed by atoms with Gasteiger partial charge in [0.1, 0.15) is 12.1 Å². The molecule has 0 radical (unpaired) electrons. The van der Waals surface area contributed by atoms with Crippen molar-refractivity contribution in [2.45, 2.75) is 37.6 Å². The third kappa shape index (κ3) is 2.16. The van der Waals surface area contributed by atoms with E-state index in [0.717, 1.165) is 23.7 Å². The van der Waals surface area contributed by atoms with Crippen LogP contribution >= 0.6 is 11.6 Å². The summed E-state index contributed by atoms with van der Waals surface area (Å²) in [5, 5.41) is 4.39. The highest BCUT2D eigenvalue weighted by molar-refractivity contribution is 6.30. The van der Waals surface area contributed by atoms with Gasteiger partial charge in [-0.3, -0.25) is 0 Å². The molecule has 3 nitrogen and oxygen atoms in total. The van der Waals surface area contributed by atoms with Gasteiger partial charge >= 0.3 is 0 Å². The largest absolute Gasteiger partial charge is 0.366 e. The zero-order valence-electron chi connectivity index (χ0n) is 11.1. The lowest BCUT2D eigenvalue weighted by atomic mass is 10.1. The number of nitrogens with zero attached hydrogens (tertiary/aromatic N) is 2. The van der Waals surface area contributed by atoms with E-state index in [0.29, 0.717) is 12.0 Å². The second-order valence-corrected chi connectivity index (χ2v) is 6.08. The van der Waals surface area contributed by atoms with E-state index in [1.165, 1.54) is 29.7 Å². The lowest BCUT2D eigenvalue weighted by molar-refractivity contribution is 0.899. The number of benzene rings is 1. The van der Waals surface area contributed by atoms with E-state index in [1.807, 2.05) is 12.1 Å². The molecular weight excluding hydrogens is 270 g/mol. The summed E-state index contributed by atoms with van der Waals surface area (Å²) in [6.45, 7) is 0. The zero-order valence-corrected chi connectivity index (χ0v) is 11.9. The van der Waals surface area contributed by atoms with Crippen LogP contribution in [0.4, 0.5) is 5.82 Å². The fourth-order valence-corrected chi connectivity index (χ4v) is 3.22. The molecule has 0 aliphatic heterocycles. The summed E-state index contributed by atoms with van der Waals surface area (Å²) < 4.78 is 0. The van der Waals surface area contributed by atoms with Gasteiger partial charge in [0.25, 0.3) is 0 Å². The van der Waals surface area contributed by atoms with E-state index in [9.17, 15) is 0 Å². The van der Waals surface area contributed by atoms with Crippen LogP contribution in [-0.2, 0) is 12.8 Å². The molecule has 1 saturated carbocycles. The molecule has 102 valence electrons. The molecule has 1 N–H and O–H groups in total. The third-order valence-corrected chi connectivity index (χ3v) is 4.54. The van der Waals surface area contributed by atoms with E-state index in [4.69, 9.17) is 11.6 Å². The van der Waals surface area contributed by atoms with Gasteiger partial charge in [-0.2, -0.15) is 0 Å². The van der Waals surface area contributed by atoms with Gasteiger partial charge in [-0.15, -0.1) is 0 Å². The number of anilines is 1. The fourth-order valence-electron chi connectivity index (χ4n) is 3.09. The molecule has 2 atom stereocenters. The molecule has 0 unspecified atom stereocenters. The second-order valence-electron chi connectivity index (χ2n) is 5.65. The van der Waals surface area contributed by atoms with Crippen LogP contribution in [0.2, 0.25) is 5.02 Å². The number of fused-ring (bicyclic) bond motifs is 1. The van der Waals surface area contributed by atoms with Crippen molar-refractivity contribution in [3.8, 4) is 0 Å². The van der Waals surface area contributed by atoms with E-state index in [1.54, 1.807) is 6.33 Å². The minimum Gasteiger partial charge on any atom is -0.366 e. The van der Waals surface area contributed by atoms with Crippen molar-refractivity contribution < 1.29 is 0 Å². The summed E-state index contributed by atoms with van der Waals surface area (Å²) in [6.07, 6.45) is 6.26. The van der Waals surface area contributed by atoms with E-state index in [-0.39, 0.29) is 0 Å². The van der Waals surface area contributed by atoms with Crippen molar-refractivity contribution in [2.24, 2.45) is 0 Å². The van der Waals surface area contributed by atoms with Crippen LogP contribution in [0.25, 0.3) is 0 Å². The molecule has 20 heavy (non-hydrogen) atoms. The maximum absolute atomic E-state index is 5.93. The smallest absolute Gasteiger partial charge is 0.133 e. The first-order valence-electron chi connectivity index (χ1n) is 7.16. The Morgan fingerprint density at radius 2 is 1.95 bits per heavy atom. The van der Waals surface area contributed by atoms with Crippen LogP contribution in [0.15, 0.2) is 30.6 Å². The first kappa shape index (κ1) is 12.2. The van der Waals surface area contributed by atoms with Crippen LogP contribution in [0.5, 0.6) is 0 Å². The highest BCUT2D eigenvalue weighted by Gasteiger charge is 2.39. The summed E-state index contributed by atoms with van der Waals surface area (Å²) in [6, 6.07) is 8.68. The van der Waals surface area contributed by atoms with Gasteiger partial charge < -0.3 is 5.32 Å². The molecule has 1 aromatic carbocycles. The van der Waals surface area contributed by atoms with Crippen LogP contribution in [0, 0.1) is 0 Å². The Kier molecular flexibility index (Phi) is 2.88. The van der Waals surface area contributed by atoms with Crippen LogP contribution in [-0.4, -0.2) is 16.0 Å². The maximum Gasteiger partial charge on any atom is 0.133 e. The van der Waals surface area contributed by atoms with Gasteiger partial charge in [-0.25, -0.2) is 9.97 Å². The van der Waals surface area contributed by atoms with Gasteiger partial charge in [0.05, 0.1) is 0 Å². The SMILES string of the molecule is Clc1ccc([C@@H]2C[C@H]2Nc2ncnc3c2CCC3)cc1. The molecule has 0 saturated heterocycles. The molecule has 0 spiro atoms. The Morgan fingerprint density at radius 3 is 2.80 bits per heavy atom. The Bertz CT molecular complexity index is 639. The minimum atomic E-state index is 0.496. The van der Waals surface area contributed by atoms with Crippen molar-refractivity contribution in [1.82, 2.24) is 9.97 Å². The summed E-state index contributed by atoms with van der Waals surface area (Å²) in [5.41, 5.74) is 3.91. The predicted molar refractivity (Wildman–Crippen MR) is 80.3 cm³/mol. The molecule has 1 aromatic heterocycles. The zero-order chi connectivity index (χ0) is 13.5. The molecule has 2 aromatic rings. The van der Waals surface area contributed by atoms with Gasteiger partial charge in [-0.05, 0) is 43.4 Å². The molecule has 2 aliphatic rings. The summed E-state index contributed by atoms with van der Waals surface area (Å²) in [5.74, 6) is 1.63. The molecule has 2 aliphatic carbocycles. The average molecular weight is 286 g/mol. The number of halogens is 1. The van der Waals surface area contributed by atoms with Crippen molar-refractivity contribution >= 4 is 17.4 Å². The summed E-state index contributed by atoms with van der Waals surface area (Å²) in [7, 11) is 0. The van der Waals surface area contributed by atoms with Crippen molar-refractivity contribution in [3.63, 3.8) is 0 Å². The van der Waals surface area contributed by atoms with Gasteiger partial charge in [0.15, 0.2) is 0 Å². The molecule has 4 rings (SSSR count). The number of aromatic nitrogens is 2. The fraction of sp³-hybridized carbons (Fsp3) is 0.375. The average Bonchev–Trinajstić information content (AvgIpc) is 3.04. The van der Waals surface area contributed by atoms with Crippen molar-refractivity contribution in [2.75, 3.05) is 5.32 Å². The van der Waals surface area contributed by atoms with Crippen molar-refractivity contribution in [1.29, 1.82) is 0 Å². The monoisotopic (exact) mass is 285 g/mol. The topological polar surface area (TPSA) is 37.8 Å². The number of nitrogens with one attached hydrogen (secondary N) is 1. The normalized spacial score (nSPS) is 23.4. The third-order valence-electron chi connectivity index (χ3n) is 4.29. The Morgan fingerprint density at radius 1 is 1.10 bits per heavy atom. The standard InChI is InChI=1S/C16H16ClN3/c17-11-6-4-10(5-7-11)13-8-15(13)20-16-12-2-1-3-14(12)18-9-19-16/h4-7,9,13,15H,1-3,8H2,(H,18,19,20)/t13-,15+/m0/s1. The van der Waals surface area contributed by atoms with E-state index < -0.39 is 0 Å². The number of hydrogen-bond acceptors (Lipinski definition) is 3. The van der Waals surface area contributed by atoms with E-state index >= 15 is 0 Å². The van der Waals surface area contributed by atoms with Crippen LogP contribution in [0.1, 0.15) is 35.6 Å². The molecular formula is C16H16ClN3.